The molecule has 16 heavy (non-hydrogen) atoms. The fourth-order valence-electron chi connectivity index (χ4n) is 1.58. The lowest BCUT2D eigenvalue weighted by atomic mass is 9.91. The lowest BCUT2D eigenvalue weighted by Gasteiger charge is -2.23. The van der Waals surface area contributed by atoms with E-state index >= 15 is 0 Å². The van der Waals surface area contributed by atoms with Crippen LogP contribution in [0.5, 0.6) is 0 Å². The average molecular weight is 252 g/mol. The lowest BCUT2D eigenvalue weighted by Crippen LogP contribution is -2.31. The summed E-state index contributed by atoms with van der Waals surface area (Å²) in [6, 6.07) is 4.32. The molecule has 1 N–H and O–H groups in total. The average Bonchev–Trinajstić information content (AvgIpc) is 2.90. The topological polar surface area (TPSA) is 24.9 Å². The Labute approximate surface area is 104 Å². The van der Waals surface area contributed by atoms with Crippen LogP contribution in [-0.4, -0.2) is 11.5 Å². The quantitative estimate of drug-likeness (QED) is 0.883. The predicted molar refractivity (Wildman–Crippen MR) is 71.2 cm³/mol. The molecular formula is C12H16N2S2. The maximum atomic E-state index is 4.26. The van der Waals surface area contributed by atoms with Gasteiger partial charge in [0.25, 0.3) is 0 Å². The van der Waals surface area contributed by atoms with Crippen molar-refractivity contribution in [3.05, 3.63) is 39.0 Å². The van der Waals surface area contributed by atoms with E-state index in [0.29, 0.717) is 0 Å². The second-order valence-electron chi connectivity index (χ2n) is 4.44. The second kappa shape index (κ2) is 5.08. The summed E-state index contributed by atoms with van der Waals surface area (Å²) in [5, 5.41) is 7.69. The molecule has 0 fully saturated rings. The number of hydrogen-bond acceptors (Lipinski definition) is 4. The van der Waals surface area contributed by atoms with Crippen LogP contribution in [0.1, 0.15) is 24.4 Å². The monoisotopic (exact) mass is 252 g/mol. The van der Waals surface area contributed by atoms with Crippen molar-refractivity contribution >= 4 is 22.7 Å². The lowest BCUT2D eigenvalue weighted by molar-refractivity contribution is 0.475. The smallest absolute Gasteiger partial charge is 0.0795 e. The summed E-state index contributed by atoms with van der Waals surface area (Å²) in [4.78, 5) is 5.69. The molecule has 0 aliphatic rings. The summed E-state index contributed by atoms with van der Waals surface area (Å²) in [7, 11) is 0. The zero-order valence-electron chi connectivity index (χ0n) is 9.56. The SMILES string of the molecule is CC(C)(CNCc1cscn1)c1cccs1. The standard InChI is InChI=1S/C12H16N2S2/c1-12(2,11-4-3-5-16-11)8-13-6-10-7-15-9-14-10/h3-5,7,9,13H,6,8H2,1-2H3. The number of aromatic nitrogens is 1. The van der Waals surface area contributed by atoms with Crippen LogP contribution in [0.3, 0.4) is 0 Å². The molecule has 0 amide bonds. The van der Waals surface area contributed by atoms with Crippen molar-refractivity contribution in [2.24, 2.45) is 0 Å². The van der Waals surface area contributed by atoms with E-state index in [1.54, 1.807) is 11.3 Å². The first-order chi connectivity index (χ1) is 7.68. The van der Waals surface area contributed by atoms with Crippen molar-refractivity contribution in [1.29, 1.82) is 0 Å². The van der Waals surface area contributed by atoms with Gasteiger partial charge in [-0.3, -0.25) is 0 Å². The maximum Gasteiger partial charge on any atom is 0.0795 e. The summed E-state index contributed by atoms with van der Waals surface area (Å²) in [6.07, 6.45) is 0. The molecular weight excluding hydrogens is 236 g/mol. The minimum absolute atomic E-state index is 0.199. The van der Waals surface area contributed by atoms with E-state index in [-0.39, 0.29) is 5.41 Å². The van der Waals surface area contributed by atoms with Crippen molar-refractivity contribution in [1.82, 2.24) is 10.3 Å². The molecule has 2 aromatic heterocycles. The van der Waals surface area contributed by atoms with Gasteiger partial charge in [0, 0.05) is 28.8 Å². The molecule has 0 unspecified atom stereocenters. The van der Waals surface area contributed by atoms with E-state index in [1.165, 1.54) is 4.88 Å². The van der Waals surface area contributed by atoms with Gasteiger partial charge >= 0.3 is 0 Å². The molecule has 0 radical (unpaired) electrons. The highest BCUT2D eigenvalue weighted by molar-refractivity contribution is 7.10. The third-order valence-electron chi connectivity index (χ3n) is 2.54. The zero-order chi connectivity index (χ0) is 11.4. The summed E-state index contributed by atoms with van der Waals surface area (Å²) < 4.78 is 0. The first-order valence-corrected chi connectivity index (χ1v) is 7.12. The van der Waals surface area contributed by atoms with E-state index in [2.05, 4.69) is 47.0 Å². The van der Waals surface area contributed by atoms with Gasteiger partial charge in [0.2, 0.25) is 0 Å². The number of thiazole rings is 1. The zero-order valence-corrected chi connectivity index (χ0v) is 11.2. The van der Waals surface area contributed by atoms with E-state index in [9.17, 15) is 0 Å². The normalized spacial score (nSPS) is 11.9. The Morgan fingerprint density at radius 2 is 2.31 bits per heavy atom. The Hall–Kier alpha value is -0.710. The largest absolute Gasteiger partial charge is 0.310 e. The number of hydrogen-bond donors (Lipinski definition) is 1. The highest BCUT2D eigenvalue weighted by Crippen LogP contribution is 2.26. The number of rotatable bonds is 5. The van der Waals surface area contributed by atoms with Crippen molar-refractivity contribution in [3.63, 3.8) is 0 Å². The van der Waals surface area contributed by atoms with Gasteiger partial charge in [-0.2, -0.15) is 0 Å². The minimum Gasteiger partial charge on any atom is -0.310 e. The molecule has 0 aliphatic heterocycles. The molecule has 2 heterocycles. The summed E-state index contributed by atoms with van der Waals surface area (Å²) in [6.45, 7) is 6.38. The molecule has 2 nitrogen and oxygen atoms in total. The van der Waals surface area contributed by atoms with Crippen LogP contribution < -0.4 is 5.32 Å². The molecule has 0 spiro atoms. The summed E-state index contributed by atoms with van der Waals surface area (Å²) >= 11 is 3.47. The van der Waals surface area contributed by atoms with E-state index in [0.717, 1.165) is 18.8 Å². The van der Waals surface area contributed by atoms with Crippen molar-refractivity contribution in [2.45, 2.75) is 25.8 Å². The Morgan fingerprint density at radius 3 is 2.94 bits per heavy atom. The molecule has 0 atom stereocenters. The van der Waals surface area contributed by atoms with E-state index in [4.69, 9.17) is 0 Å². The van der Waals surface area contributed by atoms with Crippen molar-refractivity contribution in [3.8, 4) is 0 Å². The molecule has 2 rings (SSSR count). The van der Waals surface area contributed by atoms with Gasteiger partial charge in [0.05, 0.1) is 11.2 Å². The number of thiophene rings is 1. The number of nitrogens with zero attached hydrogens (tertiary/aromatic N) is 1. The van der Waals surface area contributed by atoms with Gasteiger partial charge in [0.1, 0.15) is 0 Å². The maximum absolute atomic E-state index is 4.26. The molecule has 0 bridgehead atoms. The fraction of sp³-hybridized carbons (Fsp3) is 0.417. The van der Waals surface area contributed by atoms with Gasteiger partial charge < -0.3 is 5.32 Å². The van der Waals surface area contributed by atoms with Crippen LogP contribution in [0.15, 0.2) is 28.4 Å². The molecule has 86 valence electrons. The van der Waals surface area contributed by atoms with Crippen LogP contribution >= 0.6 is 22.7 Å². The Morgan fingerprint density at radius 1 is 1.44 bits per heavy atom. The minimum atomic E-state index is 0.199. The van der Waals surface area contributed by atoms with Crippen LogP contribution in [0, 0.1) is 0 Å². The highest BCUT2D eigenvalue weighted by atomic mass is 32.1. The first-order valence-electron chi connectivity index (χ1n) is 5.30. The third kappa shape index (κ3) is 2.90. The van der Waals surface area contributed by atoms with Crippen molar-refractivity contribution < 1.29 is 0 Å². The predicted octanol–water partition coefficient (Wildman–Crippen LogP) is 3.27. The number of nitrogens with one attached hydrogen (secondary N) is 1. The van der Waals surface area contributed by atoms with Gasteiger partial charge in [0.15, 0.2) is 0 Å². The summed E-state index contributed by atoms with van der Waals surface area (Å²) in [5.41, 5.74) is 3.21. The van der Waals surface area contributed by atoms with Gasteiger partial charge in [-0.1, -0.05) is 19.9 Å². The van der Waals surface area contributed by atoms with Crippen molar-refractivity contribution in [2.75, 3.05) is 6.54 Å². The van der Waals surface area contributed by atoms with Crippen LogP contribution in [0.2, 0.25) is 0 Å². The molecule has 0 saturated carbocycles. The molecule has 2 aromatic rings. The highest BCUT2D eigenvalue weighted by Gasteiger charge is 2.20. The first kappa shape index (κ1) is 11.8. The second-order valence-corrected chi connectivity index (χ2v) is 6.11. The van der Waals surface area contributed by atoms with E-state index < -0.39 is 0 Å². The van der Waals surface area contributed by atoms with E-state index in [1.807, 2.05) is 16.8 Å². The molecule has 0 aromatic carbocycles. The molecule has 4 heteroatoms. The Balaban J connectivity index is 1.85. The van der Waals surface area contributed by atoms with Gasteiger partial charge in [-0.25, -0.2) is 4.98 Å². The molecule has 0 saturated heterocycles. The van der Waals surface area contributed by atoms with Gasteiger partial charge in [-0.05, 0) is 11.4 Å². The van der Waals surface area contributed by atoms with Crippen LogP contribution in [-0.2, 0) is 12.0 Å². The molecule has 0 aliphatic carbocycles. The fourth-order valence-corrected chi connectivity index (χ4v) is 2.99. The Kier molecular flexibility index (Phi) is 3.74. The van der Waals surface area contributed by atoms with Crippen LogP contribution in [0.25, 0.3) is 0 Å². The Bertz CT molecular complexity index is 404. The summed E-state index contributed by atoms with van der Waals surface area (Å²) in [5.74, 6) is 0. The van der Waals surface area contributed by atoms with Crippen LogP contribution in [0.4, 0.5) is 0 Å². The third-order valence-corrected chi connectivity index (χ3v) is 4.42. The van der Waals surface area contributed by atoms with Gasteiger partial charge in [-0.15, -0.1) is 22.7 Å².